The van der Waals surface area contributed by atoms with E-state index < -0.39 is 0 Å². The van der Waals surface area contributed by atoms with Crippen LogP contribution in [-0.4, -0.2) is 43.0 Å². The zero-order valence-corrected chi connectivity index (χ0v) is 19.6. The molecule has 3 aromatic rings. The Morgan fingerprint density at radius 2 is 1.78 bits per heavy atom. The fraction of sp³-hybridized carbons (Fsp3) is 0.300. The quantitative estimate of drug-likeness (QED) is 0.441. The Balaban J connectivity index is 0.00000261. The average molecular weight is 516 g/mol. The molecule has 0 unspecified atom stereocenters. The second kappa shape index (κ2) is 9.32. The van der Waals surface area contributed by atoms with E-state index in [0.29, 0.717) is 6.54 Å². The third-order valence-corrected chi connectivity index (χ3v) is 6.33. The average Bonchev–Trinajstić information content (AvgIpc) is 2.97. The highest BCUT2D eigenvalue weighted by atomic mass is 127. The lowest BCUT2D eigenvalue weighted by Crippen LogP contribution is -2.37. The molecule has 0 N–H and O–H groups in total. The Bertz CT molecular complexity index is 919. The molecule has 144 valence electrons. The van der Waals surface area contributed by atoms with Crippen molar-refractivity contribution in [1.82, 2.24) is 9.88 Å². The number of likely N-dealkylation sites (N-methyl/N-ethyl adjacent to an activating group) is 1. The number of aromatic nitrogens is 1. The van der Waals surface area contributed by atoms with Gasteiger partial charge in [-0.3, -0.25) is 9.69 Å². The number of thiazole rings is 1. The summed E-state index contributed by atoms with van der Waals surface area (Å²) in [6.07, 6.45) is 0. The van der Waals surface area contributed by atoms with Gasteiger partial charge in [0, 0.05) is 16.7 Å². The Labute approximate surface area is 184 Å². The summed E-state index contributed by atoms with van der Waals surface area (Å²) in [5, 5.41) is 0.761. The Hall–Kier alpha value is -1.22. The van der Waals surface area contributed by atoms with Crippen molar-refractivity contribution < 1.29 is 4.79 Å². The van der Waals surface area contributed by atoms with Gasteiger partial charge >= 0.3 is 0 Å². The van der Waals surface area contributed by atoms with Crippen LogP contribution in [0.25, 0.3) is 10.2 Å². The van der Waals surface area contributed by atoms with Crippen LogP contribution in [0.1, 0.15) is 21.5 Å². The van der Waals surface area contributed by atoms with Gasteiger partial charge in [-0.25, -0.2) is 4.98 Å². The van der Waals surface area contributed by atoms with Crippen molar-refractivity contribution in [3.05, 3.63) is 56.7 Å². The fourth-order valence-corrected chi connectivity index (χ4v) is 4.34. The summed E-state index contributed by atoms with van der Waals surface area (Å²) < 4.78 is 2.08. The molecule has 1 amide bonds. The number of hydrogen-bond donors (Lipinski definition) is 0. The number of carbonyl (C=O) groups excluding carboxylic acids is 1. The summed E-state index contributed by atoms with van der Waals surface area (Å²) in [6.45, 7) is 5.59. The van der Waals surface area contributed by atoms with Gasteiger partial charge in [-0.15, -0.1) is 12.4 Å². The van der Waals surface area contributed by atoms with Gasteiger partial charge in [-0.2, -0.15) is 0 Å². The summed E-state index contributed by atoms with van der Waals surface area (Å²) >= 11 is 3.80. The van der Waals surface area contributed by atoms with E-state index in [4.69, 9.17) is 4.98 Å². The number of rotatable bonds is 5. The highest BCUT2D eigenvalue weighted by Crippen LogP contribution is 2.32. The summed E-state index contributed by atoms with van der Waals surface area (Å²) in [6, 6.07) is 12.0. The van der Waals surface area contributed by atoms with Crippen LogP contribution in [0.3, 0.4) is 0 Å². The van der Waals surface area contributed by atoms with E-state index in [1.54, 1.807) is 11.3 Å². The van der Waals surface area contributed by atoms with E-state index in [9.17, 15) is 4.79 Å². The number of carbonyl (C=O) groups is 1. The van der Waals surface area contributed by atoms with Crippen LogP contribution in [0, 0.1) is 17.4 Å². The first kappa shape index (κ1) is 22.1. The van der Waals surface area contributed by atoms with Crippen LogP contribution in [0.5, 0.6) is 0 Å². The lowest BCUT2D eigenvalue weighted by atomic mass is 10.1. The van der Waals surface area contributed by atoms with E-state index in [1.807, 2.05) is 43.3 Å². The van der Waals surface area contributed by atoms with Gasteiger partial charge in [0.05, 0.1) is 15.8 Å². The molecule has 0 aliphatic carbocycles. The number of aryl methyl sites for hydroxylation is 2. The summed E-state index contributed by atoms with van der Waals surface area (Å²) in [5.41, 5.74) is 4.14. The third-order valence-electron chi connectivity index (χ3n) is 4.34. The topological polar surface area (TPSA) is 36.4 Å². The number of anilines is 1. The molecular weight excluding hydrogens is 493 g/mol. The number of hydrogen-bond acceptors (Lipinski definition) is 4. The minimum atomic E-state index is 0. The zero-order chi connectivity index (χ0) is 18.8. The molecule has 4 nitrogen and oxygen atoms in total. The van der Waals surface area contributed by atoms with Gasteiger partial charge in [0.25, 0.3) is 5.91 Å². The largest absolute Gasteiger partial charge is 0.308 e. The summed E-state index contributed by atoms with van der Waals surface area (Å²) in [7, 11) is 4.03. The molecule has 0 aliphatic rings. The first-order valence-corrected chi connectivity index (χ1v) is 10.3. The fourth-order valence-electron chi connectivity index (χ4n) is 2.65. The maximum atomic E-state index is 13.3. The second-order valence-corrected chi connectivity index (χ2v) is 8.81. The minimum absolute atomic E-state index is 0. The number of benzene rings is 2. The highest BCUT2D eigenvalue weighted by molar-refractivity contribution is 14.1. The van der Waals surface area contributed by atoms with Gasteiger partial charge in [0.1, 0.15) is 0 Å². The lowest BCUT2D eigenvalue weighted by Gasteiger charge is -2.22. The van der Waals surface area contributed by atoms with E-state index in [2.05, 4.69) is 53.5 Å². The molecule has 0 radical (unpaired) electrons. The van der Waals surface area contributed by atoms with E-state index in [0.717, 1.165) is 31.0 Å². The lowest BCUT2D eigenvalue weighted by molar-refractivity contribution is 0.0984. The summed E-state index contributed by atoms with van der Waals surface area (Å²) in [5.74, 6) is 0.00403. The van der Waals surface area contributed by atoms with Crippen molar-refractivity contribution in [1.29, 1.82) is 0 Å². The van der Waals surface area contributed by atoms with Crippen LogP contribution < -0.4 is 4.90 Å². The Morgan fingerprint density at radius 3 is 2.44 bits per heavy atom. The zero-order valence-electron chi connectivity index (χ0n) is 15.8. The number of nitrogens with zero attached hydrogens (tertiary/aromatic N) is 3. The first-order chi connectivity index (χ1) is 12.4. The maximum Gasteiger partial charge on any atom is 0.261 e. The normalized spacial score (nSPS) is 10.9. The third kappa shape index (κ3) is 4.99. The minimum Gasteiger partial charge on any atom is -0.308 e. The molecule has 27 heavy (non-hydrogen) atoms. The Morgan fingerprint density at radius 1 is 1.11 bits per heavy atom. The Kier molecular flexibility index (Phi) is 7.62. The van der Waals surface area contributed by atoms with Crippen LogP contribution >= 0.6 is 46.3 Å². The van der Waals surface area contributed by atoms with Gasteiger partial charge in [-0.05, 0) is 85.9 Å². The van der Waals surface area contributed by atoms with Crippen molar-refractivity contribution in [3.63, 3.8) is 0 Å². The summed E-state index contributed by atoms with van der Waals surface area (Å²) in [4.78, 5) is 21.9. The van der Waals surface area contributed by atoms with Crippen molar-refractivity contribution in [2.75, 3.05) is 32.1 Å². The van der Waals surface area contributed by atoms with Gasteiger partial charge in [-0.1, -0.05) is 23.5 Å². The molecule has 0 spiro atoms. The van der Waals surface area contributed by atoms with Crippen molar-refractivity contribution in [3.8, 4) is 0 Å². The molecule has 0 atom stereocenters. The molecule has 0 bridgehead atoms. The van der Waals surface area contributed by atoms with E-state index in [-0.39, 0.29) is 18.3 Å². The van der Waals surface area contributed by atoms with Gasteiger partial charge in [0.15, 0.2) is 5.13 Å². The van der Waals surface area contributed by atoms with Gasteiger partial charge in [0.2, 0.25) is 0 Å². The first-order valence-electron chi connectivity index (χ1n) is 8.45. The second-order valence-electron chi connectivity index (χ2n) is 6.64. The van der Waals surface area contributed by atoms with Crippen LogP contribution in [0.4, 0.5) is 5.13 Å². The van der Waals surface area contributed by atoms with Crippen LogP contribution in [-0.2, 0) is 0 Å². The van der Waals surface area contributed by atoms with E-state index in [1.165, 1.54) is 11.1 Å². The van der Waals surface area contributed by atoms with E-state index >= 15 is 0 Å². The molecule has 1 heterocycles. The number of amides is 1. The molecule has 7 heteroatoms. The highest BCUT2D eigenvalue weighted by Gasteiger charge is 2.23. The number of fused-ring (bicyclic) bond motifs is 1. The predicted molar refractivity (Wildman–Crippen MR) is 126 cm³/mol. The molecule has 0 aliphatic heterocycles. The van der Waals surface area contributed by atoms with Gasteiger partial charge < -0.3 is 4.90 Å². The predicted octanol–water partition coefficient (Wildman–Crippen LogP) is 5.15. The molecule has 1 aromatic heterocycles. The standard InChI is InChI=1S/C20H22IN3OS.ClH/c1-13-11-17-18(12-14(13)2)26-20(22-17)24(10-9-23(3)4)19(25)15-7-5-6-8-16(15)21;/h5-8,11-12H,9-10H2,1-4H3;1H. The molecular formula is C20H23ClIN3OS. The van der Waals surface area contributed by atoms with Crippen molar-refractivity contribution in [2.24, 2.45) is 0 Å². The molecule has 0 fully saturated rings. The molecule has 2 aromatic carbocycles. The SMILES string of the molecule is Cc1cc2nc(N(CCN(C)C)C(=O)c3ccccc3I)sc2cc1C.Cl. The number of halogens is 2. The van der Waals surface area contributed by atoms with Crippen molar-refractivity contribution in [2.45, 2.75) is 13.8 Å². The molecule has 3 rings (SSSR count). The van der Waals surface area contributed by atoms with Crippen LogP contribution in [0.15, 0.2) is 36.4 Å². The van der Waals surface area contributed by atoms with Crippen LogP contribution in [0.2, 0.25) is 0 Å². The maximum absolute atomic E-state index is 13.3. The van der Waals surface area contributed by atoms with Crippen molar-refractivity contribution >= 4 is 67.6 Å². The monoisotopic (exact) mass is 515 g/mol. The smallest absolute Gasteiger partial charge is 0.261 e. The molecule has 0 saturated heterocycles. The molecule has 0 saturated carbocycles.